The molecule has 0 spiro atoms. The minimum atomic E-state index is -0.00809. The van der Waals surface area contributed by atoms with Gasteiger partial charge in [0.2, 0.25) is 0 Å². The number of allylic oxidation sites excluding steroid dienone is 2. The number of rotatable bonds is 17. The smallest absolute Gasteiger partial charge is 0.160 e. The zero-order valence-electron chi connectivity index (χ0n) is 17.6. The third-order valence-electron chi connectivity index (χ3n) is 5.31. The van der Waals surface area contributed by atoms with E-state index in [9.17, 15) is 10.2 Å². The van der Waals surface area contributed by atoms with E-state index in [-0.39, 0.29) is 11.5 Å². The molecule has 0 unspecified atom stereocenters. The predicted molar refractivity (Wildman–Crippen MR) is 118 cm³/mol. The zero-order chi connectivity index (χ0) is 19.6. The van der Waals surface area contributed by atoms with Gasteiger partial charge in [-0.1, -0.05) is 95.4 Å². The molecule has 2 heteroatoms. The maximum atomic E-state index is 9.77. The van der Waals surface area contributed by atoms with E-state index in [1.165, 1.54) is 96.0 Å². The summed E-state index contributed by atoms with van der Waals surface area (Å²) in [6.07, 6.45) is 25.3. The molecule has 0 fully saturated rings. The van der Waals surface area contributed by atoms with E-state index in [1.54, 1.807) is 6.07 Å². The molecule has 0 aliphatic heterocycles. The lowest BCUT2D eigenvalue weighted by atomic mass is 10.0. The van der Waals surface area contributed by atoms with Crippen LogP contribution in [0.3, 0.4) is 0 Å². The Bertz CT molecular complexity index is 493. The molecule has 0 atom stereocenters. The summed E-state index contributed by atoms with van der Waals surface area (Å²) in [5.74, 6) is 0.0467. The van der Waals surface area contributed by atoms with E-state index < -0.39 is 0 Å². The van der Waals surface area contributed by atoms with Crippen LogP contribution in [0.1, 0.15) is 109 Å². The van der Waals surface area contributed by atoms with Crippen molar-refractivity contribution in [2.75, 3.05) is 0 Å². The average molecular weight is 375 g/mol. The zero-order valence-corrected chi connectivity index (χ0v) is 17.6. The summed E-state index contributed by atoms with van der Waals surface area (Å²) < 4.78 is 0. The molecular formula is C25H42O2. The summed E-state index contributed by atoms with van der Waals surface area (Å²) in [7, 11) is 0. The van der Waals surface area contributed by atoms with Crippen LogP contribution in [0.5, 0.6) is 11.5 Å². The fraction of sp³-hybridized carbons (Fsp3) is 0.680. The second kappa shape index (κ2) is 16.7. The predicted octanol–water partition coefficient (Wildman–Crippen LogP) is 8.07. The number of hydrogen-bond acceptors (Lipinski definition) is 2. The molecule has 0 aliphatic carbocycles. The molecule has 1 aromatic rings. The van der Waals surface area contributed by atoms with Crippen molar-refractivity contribution < 1.29 is 10.2 Å². The minimum Gasteiger partial charge on any atom is -0.504 e. The van der Waals surface area contributed by atoms with Crippen LogP contribution in [0.2, 0.25) is 0 Å². The van der Waals surface area contributed by atoms with Crippen molar-refractivity contribution >= 4 is 0 Å². The lowest BCUT2D eigenvalue weighted by Crippen LogP contribution is -1.87. The van der Waals surface area contributed by atoms with Crippen molar-refractivity contribution in [2.45, 2.75) is 110 Å². The molecular weight excluding hydrogens is 332 g/mol. The van der Waals surface area contributed by atoms with Gasteiger partial charge in [-0.3, -0.25) is 0 Å². The Balaban J connectivity index is 1.84. The molecule has 0 aliphatic rings. The summed E-state index contributed by atoms with van der Waals surface area (Å²) in [5.41, 5.74) is 0.860. The maximum absolute atomic E-state index is 9.77. The first-order valence-electron chi connectivity index (χ1n) is 11.4. The van der Waals surface area contributed by atoms with Crippen LogP contribution in [-0.2, 0) is 6.42 Å². The van der Waals surface area contributed by atoms with Crippen LogP contribution in [-0.4, -0.2) is 10.2 Å². The second-order valence-electron chi connectivity index (χ2n) is 7.83. The maximum Gasteiger partial charge on any atom is 0.160 e. The van der Waals surface area contributed by atoms with Gasteiger partial charge in [0.15, 0.2) is 11.5 Å². The van der Waals surface area contributed by atoms with Gasteiger partial charge < -0.3 is 10.2 Å². The number of hydrogen-bond donors (Lipinski definition) is 2. The highest BCUT2D eigenvalue weighted by atomic mass is 16.3. The molecule has 1 rings (SSSR count). The fourth-order valence-corrected chi connectivity index (χ4v) is 3.52. The third kappa shape index (κ3) is 12.5. The third-order valence-corrected chi connectivity index (χ3v) is 5.31. The fourth-order valence-electron chi connectivity index (χ4n) is 3.52. The summed E-state index contributed by atoms with van der Waals surface area (Å²) in [5, 5.41) is 19.3. The Hall–Kier alpha value is -1.44. The topological polar surface area (TPSA) is 40.5 Å². The highest BCUT2D eigenvalue weighted by Gasteiger charge is 2.04. The normalized spacial score (nSPS) is 11.4. The molecule has 154 valence electrons. The van der Waals surface area contributed by atoms with Crippen LogP contribution in [0.15, 0.2) is 30.4 Å². The largest absolute Gasteiger partial charge is 0.504 e. The SMILES string of the molecule is CCCCCCCCCCC=CCCCCCCCc1cccc(O)c1O. The van der Waals surface area contributed by atoms with Crippen molar-refractivity contribution in [3.05, 3.63) is 35.9 Å². The summed E-state index contributed by atoms with van der Waals surface area (Å²) in [4.78, 5) is 0. The van der Waals surface area contributed by atoms with Gasteiger partial charge in [0, 0.05) is 0 Å². The minimum absolute atomic E-state index is 0.00809. The highest BCUT2D eigenvalue weighted by molar-refractivity contribution is 5.44. The monoisotopic (exact) mass is 374 g/mol. The number of unbranched alkanes of at least 4 members (excludes halogenated alkanes) is 13. The highest BCUT2D eigenvalue weighted by Crippen LogP contribution is 2.29. The van der Waals surface area contributed by atoms with E-state index in [0.717, 1.165) is 18.4 Å². The number of phenols is 2. The molecule has 0 saturated carbocycles. The summed E-state index contributed by atoms with van der Waals surface area (Å²) >= 11 is 0. The van der Waals surface area contributed by atoms with Gasteiger partial charge in [0.1, 0.15) is 0 Å². The van der Waals surface area contributed by atoms with Crippen LogP contribution < -0.4 is 0 Å². The molecule has 0 saturated heterocycles. The molecule has 2 nitrogen and oxygen atoms in total. The lowest BCUT2D eigenvalue weighted by molar-refractivity contribution is 0.398. The Morgan fingerprint density at radius 3 is 1.78 bits per heavy atom. The Morgan fingerprint density at radius 2 is 1.19 bits per heavy atom. The van der Waals surface area contributed by atoms with Crippen molar-refractivity contribution in [3.63, 3.8) is 0 Å². The standard InChI is InChI=1S/C25H42O2/c1-2-3-4-5-6-7-8-9-10-11-12-13-14-15-16-17-18-20-23-21-19-22-24(26)25(23)27/h11-12,19,21-22,26-27H,2-10,13-18,20H2,1H3. The van der Waals surface area contributed by atoms with Crippen LogP contribution in [0, 0.1) is 0 Å². The van der Waals surface area contributed by atoms with Gasteiger partial charge in [-0.25, -0.2) is 0 Å². The molecule has 0 bridgehead atoms. The quantitative estimate of drug-likeness (QED) is 0.164. The van der Waals surface area contributed by atoms with Gasteiger partial charge >= 0.3 is 0 Å². The summed E-state index contributed by atoms with van der Waals surface area (Å²) in [6.45, 7) is 2.28. The van der Waals surface area contributed by atoms with E-state index in [4.69, 9.17) is 0 Å². The molecule has 2 N–H and O–H groups in total. The van der Waals surface area contributed by atoms with Gasteiger partial charge in [0.05, 0.1) is 0 Å². The number of aryl methyl sites for hydroxylation is 1. The Kier molecular flexibility index (Phi) is 14.6. The summed E-state index contributed by atoms with van der Waals surface area (Å²) in [6, 6.07) is 5.22. The number of aromatic hydroxyl groups is 2. The van der Waals surface area contributed by atoms with Crippen molar-refractivity contribution in [3.8, 4) is 11.5 Å². The van der Waals surface area contributed by atoms with Crippen molar-refractivity contribution in [1.29, 1.82) is 0 Å². The van der Waals surface area contributed by atoms with Gasteiger partial charge in [-0.05, 0) is 50.2 Å². The molecule has 0 heterocycles. The Labute approximate surface area is 167 Å². The van der Waals surface area contributed by atoms with Gasteiger partial charge in [0.25, 0.3) is 0 Å². The Morgan fingerprint density at radius 1 is 0.667 bits per heavy atom. The van der Waals surface area contributed by atoms with Crippen LogP contribution >= 0.6 is 0 Å². The molecule has 0 aromatic heterocycles. The first-order chi connectivity index (χ1) is 13.3. The first-order valence-corrected chi connectivity index (χ1v) is 11.4. The van der Waals surface area contributed by atoms with Gasteiger partial charge in [-0.2, -0.15) is 0 Å². The van der Waals surface area contributed by atoms with Crippen molar-refractivity contribution in [2.24, 2.45) is 0 Å². The molecule has 0 radical (unpaired) electrons. The second-order valence-corrected chi connectivity index (χ2v) is 7.83. The van der Waals surface area contributed by atoms with Crippen LogP contribution in [0.25, 0.3) is 0 Å². The van der Waals surface area contributed by atoms with E-state index >= 15 is 0 Å². The van der Waals surface area contributed by atoms with Crippen LogP contribution in [0.4, 0.5) is 0 Å². The average Bonchev–Trinajstić information content (AvgIpc) is 2.67. The number of phenolic OH excluding ortho intramolecular Hbond substituents is 2. The van der Waals surface area contributed by atoms with E-state index in [0.29, 0.717) is 0 Å². The number of benzene rings is 1. The lowest BCUT2D eigenvalue weighted by Gasteiger charge is -2.05. The molecule has 27 heavy (non-hydrogen) atoms. The molecule has 1 aromatic carbocycles. The number of para-hydroxylation sites is 1. The van der Waals surface area contributed by atoms with E-state index in [1.807, 2.05) is 6.07 Å². The van der Waals surface area contributed by atoms with Gasteiger partial charge in [-0.15, -0.1) is 0 Å². The molecule has 0 amide bonds. The van der Waals surface area contributed by atoms with E-state index in [2.05, 4.69) is 19.1 Å². The first kappa shape index (κ1) is 23.6. The van der Waals surface area contributed by atoms with Crippen molar-refractivity contribution in [1.82, 2.24) is 0 Å².